The standard InChI is InChI=1S/C15H23NO3/c1-3-19-15-11-12(5-6-14(15)18-2)13(17)7-10-16-8-4-9-16/h5-6,11,13,17H,3-4,7-10H2,1-2H3. The molecule has 1 N–H and O–H groups in total. The first kappa shape index (κ1) is 14.2. The van der Waals surface area contributed by atoms with Crippen LogP contribution in [0.4, 0.5) is 0 Å². The van der Waals surface area contributed by atoms with Crippen molar-refractivity contribution >= 4 is 0 Å². The normalized spacial score (nSPS) is 16.8. The molecule has 1 unspecified atom stereocenters. The first-order valence-corrected chi connectivity index (χ1v) is 6.95. The number of ether oxygens (including phenoxy) is 2. The van der Waals surface area contributed by atoms with Crippen molar-refractivity contribution in [1.82, 2.24) is 4.90 Å². The summed E-state index contributed by atoms with van der Waals surface area (Å²) in [7, 11) is 1.62. The number of methoxy groups -OCH3 is 1. The average molecular weight is 265 g/mol. The number of hydrogen-bond acceptors (Lipinski definition) is 4. The molecule has 4 nitrogen and oxygen atoms in total. The predicted octanol–water partition coefficient (Wildman–Crippen LogP) is 2.22. The summed E-state index contributed by atoms with van der Waals surface area (Å²) in [5.74, 6) is 1.41. The van der Waals surface area contributed by atoms with E-state index in [1.165, 1.54) is 19.5 Å². The average Bonchev–Trinajstić information content (AvgIpc) is 2.37. The third kappa shape index (κ3) is 3.61. The maximum absolute atomic E-state index is 10.2. The summed E-state index contributed by atoms with van der Waals surface area (Å²) in [5, 5.41) is 10.2. The number of aliphatic hydroxyl groups is 1. The second kappa shape index (κ2) is 6.78. The number of nitrogens with zero attached hydrogens (tertiary/aromatic N) is 1. The zero-order chi connectivity index (χ0) is 13.7. The van der Waals surface area contributed by atoms with Crippen LogP contribution in [-0.2, 0) is 0 Å². The summed E-state index contributed by atoms with van der Waals surface area (Å²) in [6, 6.07) is 5.64. The maximum Gasteiger partial charge on any atom is 0.161 e. The lowest BCUT2D eigenvalue weighted by Gasteiger charge is -2.31. The molecule has 1 aliphatic heterocycles. The Balaban J connectivity index is 1.99. The van der Waals surface area contributed by atoms with E-state index in [0.717, 1.165) is 18.5 Å². The van der Waals surface area contributed by atoms with Gasteiger partial charge in [-0.3, -0.25) is 0 Å². The van der Waals surface area contributed by atoms with Crippen LogP contribution in [0.15, 0.2) is 18.2 Å². The van der Waals surface area contributed by atoms with Gasteiger partial charge in [-0.1, -0.05) is 6.07 Å². The summed E-state index contributed by atoms with van der Waals surface area (Å²) in [4.78, 5) is 2.36. The number of benzene rings is 1. The minimum atomic E-state index is -0.439. The summed E-state index contributed by atoms with van der Waals surface area (Å²) in [6.07, 6.45) is 1.61. The largest absolute Gasteiger partial charge is 0.493 e. The predicted molar refractivity (Wildman–Crippen MR) is 74.8 cm³/mol. The quantitative estimate of drug-likeness (QED) is 0.821. The number of likely N-dealkylation sites (tertiary alicyclic amines) is 1. The molecule has 1 atom stereocenters. The molecule has 1 aromatic carbocycles. The van der Waals surface area contributed by atoms with E-state index in [1.807, 2.05) is 25.1 Å². The zero-order valence-corrected chi connectivity index (χ0v) is 11.8. The molecule has 1 heterocycles. The molecule has 4 heteroatoms. The summed E-state index contributed by atoms with van der Waals surface area (Å²) >= 11 is 0. The van der Waals surface area contributed by atoms with Gasteiger partial charge in [0.2, 0.25) is 0 Å². The number of hydrogen-bond donors (Lipinski definition) is 1. The molecule has 0 bridgehead atoms. The molecule has 0 amide bonds. The van der Waals surface area contributed by atoms with Crippen LogP contribution in [0.25, 0.3) is 0 Å². The van der Waals surface area contributed by atoms with Gasteiger partial charge >= 0.3 is 0 Å². The van der Waals surface area contributed by atoms with E-state index >= 15 is 0 Å². The van der Waals surface area contributed by atoms with Crippen LogP contribution in [0.5, 0.6) is 11.5 Å². The van der Waals surface area contributed by atoms with E-state index in [-0.39, 0.29) is 0 Å². The topological polar surface area (TPSA) is 41.9 Å². The Bertz CT molecular complexity index is 404. The lowest BCUT2D eigenvalue weighted by molar-refractivity contribution is 0.116. The van der Waals surface area contributed by atoms with Crippen molar-refractivity contribution in [1.29, 1.82) is 0 Å². The highest BCUT2D eigenvalue weighted by atomic mass is 16.5. The van der Waals surface area contributed by atoms with Crippen molar-refractivity contribution in [2.24, 2.45) is 0 Å². The van der Waals surface area contributed by atoms with Gasteiger partial charge in [0.25, 0.3) is 0 Å². The van der Waals surface area contributed by atoms with E-state index in [4.69, 9.17) is 9.47 Å². The zero-order valence-electron chi connectivity index (χ0n) is 11.8. The van der Waals surface area contributed by atoms with E-state index in [9.17, 15) is 5.11 Å². The molecular formula is C15H23NO3. The van der Waals surface area contributed by atoms with Gasteiger partial charge in [0.1, 0.15) is 0 Å². The Labute approximate surface area is 114 Å². The van der Waals surface area contributed by atoms with Gasteiger partial charge in [-0.15, -0.1) is 0 Å². The fourth-order valence-corrected chi connectivity index (χ4v) is 2.25. The maximum atomic E-state index is 10.2. The first-order valence-electron chi connectivity index (χ1n) is 6.95. The highest BCUT2D eigenvalue weighted by Gasteiger charge is 2.17. The van der Waals surface area contributed by atoms with Crippen molar-refractivity contribution in [3.63, 3.8) is 0 Å². The third-order valence-electron chi connectivity index (χ3n) is 3.54. The second-order valence-electron chi connectivity index (χ2n) is 4.84. The monoisotopic (exact) mass is 265 g/mol. The lowest BCUT2D eigenvalue weighted by Crippen LogP contribution is -2.38. The fraction of sp³-hybridized carbons (Fsp3) is 0.600. The van der Waals surface area contributed by atoms with Crippen LogP contribution in [0.1, 0.15) is 31.4 Å². The van der Waals surface area contributed by atoms with Crippen molar-refractivity contribution in [3.8, 4) is 11.5 Å². The molecule has 1 aromatic rings. The van der Waals surface area contributed by atoms with Crippen LogP contribution >= 0.6 is 0 Å². The number of rotatable bonds is 7. The van der Waals surface area contributed by atoms with Gasteiger partial charge in [0.15, 0.2) is 11.5 Å². The van der Waals surface area contributed by atoms with Gasteiger partial charge in [-0.25, -0.2) is 0 Å². The minimum absolute atomic E-state index is 0.439. The Kier molecular flexibility index (Phi) is 5.05. The van der Waals surface area contributed by atoms with Gasteiger partial charge in [-0.2, -0.15) is 0 Å². The van der Waals surface area contributed by atoms with Crippen LogP contribution in [0.3, 0.4) is 0 Å². The molecular weight excluding hydrogens is 242 g/mol. The van der Waals surface area contributed by atoms with E-state index in [1.54, 1.807) is 7.11 Å². The SMILES string of the molecule is CCOc1cc(C(O)CCN2CCC2)ccc1OC. The molecule has 0 aromatic heterocycles. The van der Waals surface area contributed by atoms with E-state index in [2.05, 4.69) is 4.90 Å². The molecule has 0 radical (unpaired) electrons. The molecule has 0 aliphatic carbocycles. The lowest BCUT2D eigenvalue weighted by atomic mass is 10.0. The Morgan fingerprint density at radius 3 is 2.68 bits per heavy atom. The molecule has 2 rings (SSSR count). The Morgan fingerprint density at radius 2 is 2.11 bits per heavy atom. The van der Waals surface area contributed by atoms with Crippen LogP contribution in [0, 0.1) is 0 Å². The van der Waals surface area contributed by atoms with Crippen molar-refractivity contribution < 1.29 is 14.6 Å². The van der Waals surface area contributed by atoms with E-state index < -0.39 is 6.10 Å². The molecule has 19 heavy (non-hydrogen) atoms. The minimum Gasteiger partial charge on any atom is -0.493 e. The smallest absolute Gasteiger partial charge is 0.161 e. The first-order chi connectivity index (χ1) is 9.24. The molecule has 106 valence electrons. The number of aliphatic hydroxyl groups excluding tert-OH is 1. The van der Waals surface area contributed by atoms with Crippen LogP contribution < -0.4 is 9.47 Å². The summed E-state index contributed by atoms with van der Waals surface area (Å²) in [5.41, 5.74) is 0.893. The Morgan fingerprint density at radius 1 is 1.32 bits per heavy atom. The molecule has 1 saturated heterocycles. The van der Waals surface area contributed by atoms with E-state index in [0.29, 0.717) is 18.1 Å². The van der Waals surface area contributed by atoms with Gasteiger partial charge < -0.3 is 19.5 Å². The highest BCUT2D eigenvalue weighted by molar-refractivity contribution is 5.43. The van der Waals surface area contributed by atoms with Crippen molar-refractivity contribution in [3.05, 3.63) is 23.8 Å². The van der Waals surface area contributed by atoms with Crippen molar-refractivity contribution in [2.75, 3.05) is 33.4 Å². The van der Waals surface area contributed by atoms with Crippen LogP contribution in [-0.4, -0.2) is 43.4 Å². The van der Waals surface area contributed by atoms with Gasteiger partial charge in [0, 0.05) is 6.54 Å². The molecule has 1 aliphatic rings. The third-order valence-corrected chi connectivity index (χ3v) is 3.54. The molecule has 0 saturated carbocycles. The summed E-state index contributed by atoms with van der Waals surface area (Å²) < 4.78 is 10.8. The fourth-order valence-electron chi connectivity index (χ4n) is 2.25. The second-order valence-corrected chi connectivity index (χ2v) is 4.84. The highest BCUT2D eigenvalue weighted by Crippen LogP contribution is 2.31. The van der Waals surface area contributed by atoms with Gasteiger partial charge in [-0.05, 0) is 50.6 Å². The van der Waals surface area contributed by atoms with Crippen LogP contribution in [0.2, 0.25) is 0 Å². The van der Waals surface area contributed by atoms with Crippen molar-refractivity contribution in [2.45, 2.75) is 25.9 Å². The molecule has 1 fully saturated rings. The molecule has 0 spiro atoms. The van der Waals surface area contributed by atoms with Gasteiger partial charge in [0.05, 0.1) is 19.8 Å². The summed E-state index contributed by atoms with van der Waals surface area (Å²) in [6.45, 7) is 5.81. The Hall–Kier alpha value is -1.26.